The number of carbonyl (C=O) groups excluding carboxylic acids is 1. The van der Waals surface area contributed by atoms with Crippen LogP contribution in [0.4, 0.5) is 0 Å². The van der Waals surface area contributed by atoms with Gasteiger partial charge in [-0.1, -0.05) is 36.8 Å². The third-order valence-corrected chi connectivity index (χ3v) is 6.69. The number of carbonyl (C=O) groups is 1. The molecular weight excluding hydrogens is 400 g/mol. The molecule has 1 aromatic carbocycles. The van der Waals surface area contributed by atoms with Crippen LogP contribution in [0.1, 0.15) is 62.1 Å². The summed E-state index contributed by atoms with van der Waals surface area (Å²) in [6, 6.07) is 12.4. The Hall–Kier alpha value is -3.15. The average molecular weight is 431 g/mol. The number of likely N-dealkylation sites (tertiary alicyclic amines) is 1. The van der Waals surface area contributed by atoms with Gasteiger partial charge < -0.3 is 9.64 Å². The molecule has 0 bridgehead atoms. The Kier molecular flexibility index (Phi) is 6.19. The van der Waals surface area contributed by atoms with Crippen LogP contribution < -0.4 is 4.74 Å². The zero-order valence-electron chi connectivity index (χ0n) is 18.4. The second-order valence-corrected chi connectivity index (χ2v) is 8.89. The predicted molar refractivity (Wildman–Crippen MR) is 125 cm³/mol. The van der Waals surface area contributed by atoms with E-state index in [1.807, 2.05) is 23.1 Å². The molecule has 32 heavy (non-hydrogen) atoms. The zero-order valence-corrected chi connectivity index (χ0v) is 18.4. The standard InChI is InChI=1S/C26H30N4O2/c31-24(30-17-7-10-20(18-30)19-8-3-1-4-9-19)14-13-22-25-23(29-28-22)15-16-27-26(25)32-21-11-5-2-6-12-21/h1,3-4,8-9,13-16,20-21H,2,5-7,10-12,17-18H2,(H,28,29)/t20-/m0/s1. The summed E-state index contributed by atoms with van der Waals surface area (Å²) >= 11 is 0. The largest absolute Gasteiger partial charge is 0.474 e. The van der Waals surface area contributed by atoms with Crippen LogP contribution in [0.15, 0.2) is 48.7 Å². The van der Waals surface area contributed by atoms with Gasteiger partial charge in [-0.2, -0.15) is 5.10 Å². The first-order chi connectivity index (χ1) is 15.8. The van der Waals surface area contributed by atoms with E-state index in [1.54, 1.807) is 12.3 Å². The monoisotopic (exact) mass is 430 g/mol. The lowest BCUT2D eigenvalue weighted by atomic mass is 9.90. The summed E-state index contributed by atoms with van der Waals surface area (Å²) in [6.45, 7) is 1.56. The topological polar surface area (TPSA) is 71.1 Å². The SMILES string of the molecule is O=C(C=Cc1[nH]nc2ccnc(OC3CCCCC3)c12)N1CCC[C@H](c2ccccc2)C1. The van der Waals surface area contributed by atoms with E-state index in [-0.39, 0.29) is 12.0 Å². The van der Waals surface area contributed by atoms with E-state index >= 15 is 0 Å². The van der Waals surface area contributed by atoms with Gasteiger partial charge in [-0.25, -0.2) is 4.98 Å². The van der Waals surface area contributed by atoms with E-state index in [1.165, 1.54) is 24.8 Å². The molecule has 2 aliphatic rings. The number of aromatic amines is 1. The van der Waals surface area contributed by atoms with Crippen molar-refractivity contribution in [1.29, 1.82) is 0 Å². The van der Waals surface area contributed by atoms with Crippen molar-refractivity contribution in [3.63, 3.8) is 0 Å². The van der Waals surface area contributed by atoms with Crippen LogP contribution in [-0.4, -0.2) is 45.2 Å². The van der Waals surface area contributed by atoms with Gasteiger partial charge >= 0.3 is 0 Å². The summed E-state index contributed by atoms with van der Waals surface area (Å²) in [5.41, 5.74) is 2.88. The van der Waals surface area contributed by atoms with Gasteiger partial charge in [0.25, 0.3) is 0 Å². The Bertz CT molecular complexity index is 1090. The molecule has 1 saturated carbocycles. The molecule has 5 rings (SSSR count). The minimum atomic E-state index is 0.0343. The summed E-state index contributed by atoms with van der Waals surface area (Å²) in [7, 11) is 0. The molecular formula is C26H30N4O2. The summed E-state index contributed by atoms with van der Waals surface area (Å²) in [6.07, 6.45) is 13.4. The number of nitrogens with one attached hydrogen (secondary N) is 1. The Labute approximate surface area is 188 Å². The number of piperidine rings is 1. The summed E-state index contributed by atoms with van der Waals surface area (Å²) in [5.74, 6) is 1.04. The Morgan fingerprint density at radius 3 is 2.75 bits per heavy atom. The summed E-state index contributed by atoms with van der Waals surface area (Å²) in [5, 5.41) is 8.30. The number of pyridine rings is 1. The van der Waals surface area contributed by atoms with Gasteiger partial charge in [-0.05, 0) is 56.2 Å². The minimum Gasteiger partial charge on any atom is -0.474 e. The van der Waals surface area contributed by atoms with Crippen LogP contribution in [0.25, 0.3) is 17.0 Å². The Balaban J connectivity index is 1.31. The average Bonchev–Trinajstić information content (AvgIpc) is 3.28. The highest BCUT2D eigenvalue weighted by Crippen LogP contribution is 2.30. The number of aromatic nitrogens is 3. The lowest BCUT2D eigenvalue weighted by molar-refractivity contribution is -0.127. The van der Waals surface area contributed by atoms with Gasteiger partial charge in [-0.3, -0.25) is 9.89 Å². The van der Waals surface area contributed by atoms with E-state index in [2.05, 4.69) is 39.4 Å². The van der Waals surface area contributed by atoms with E-state index in [0.717, 1.165) is 55.4 Å². The summed E-state index contributed by atoms with van der Waals surface area (Å²) < 4.78 is 6.25. The van der Waals surface area contributed by atoms with Gasteiger partial charge in [0.15, 0.2) is 0 Å². The first-order valence-corrected chi connectivity index (χ1v) is 11.8. The highest BCUT2D eigenvalue weighted by molar-refractivity contribution is 5.96. The van der Waals surface area contributed by atoms with Crippen molar-refractivity contribution in [2.75, 3.05) is 13.1 Å². The number of amides is 1. The van der Waals surface area contributed by atoms with Crippen molar-refractivity contribution in [3.8, 4) is 5.88 Å². The lowest BCUT2D eigenvalue weighted by Crippen LogP contribution is -2.38. The van der Waals surface area contributed by atoms with Gasteiger partial charge in [0.05, 0.1) is 16.6 Å². The number of nitrogens with zero attached hydrogens (tertiary/aromatic N) is 3. The Morgan fingerprint density at radius 2 is 1.91 bits per heavy atom. The number of hydrogen-bond acceptors (Lipinski definition) is 4. The van der Waals surface area contributed by atoms with Gasteiger partial charge in [0.1, 0.15) is 6.10 Å². The summed E-state index contributed by atoms with van der Waals surface area (Å²) in [4.78, 5) is 19.4. The minimum absolute atomic E-state index is 0.0343. The maximum absolute atomic E-state index is 13.0. The van der Waals surface area contributed by atoms with E-state index in [0.29, 0.717) is 11.8 Å². The van der Waals surface area contributed by atoms with Crippen molar-refractivity contribution >= 4 is 22.9 Å². The molecule has 166 valence electrons. The third kappa shape index (κ3) is 4.54. The molecule has 1 N–H and O–H groups in total. The number of benzene rings is 1. The molecule has 1 amide bonds. The molecule has 1 atom stereocenters. The molecule has 0 spiro atoms. The first kappa shape index (κ1) is 20.7. The fourth-order valence-corrected chi connectivity index (χ4v) is 4.94. The van der Waals surface area contributed by atoms with Crippen molar-refractivity contribution in [2.24, 2.45) is 0 Å². The molecule has 1 saturated heterocycles. The van der Waals surface area contributed by atoms with Crippen LogP contribution in [0.3, 0.4) is 0 Å². The molecule has 0 radical (unpaired) electrons. The molecule has 6 nitrogen and oxygen atoms in total. The van der Waals surface area contributed by atoms with Crippen molar-refractivity contribution in [2.45, 2.75) is 57.0 Å². The zero-order chi connectivity index (χ0) is 21.8. The smallest absolute Gasteiger partial charge is 0.246 e. The lowest BCUT2D eigenvalue weighted by Gasteiger charge is -2.32. The first-order valence-electron chi connectivity index (χ1n) is 11.8. The van der Waals surface area contributed by atoms with Crippen LogP contribution in [-0.2, 0) is 4.79 Å². The second kappa shape index (κ2) is 9.55. The third-order valence-electron chi connectivity index (χ3n) is 6.69. The molecule has 3 heterocycles. The second-order valence-electron chi connectivity index (χ2n) is 8.89. The van der Waals surface area contributed by atoms with Gasteiger partial charge in [-0.15, -0.1) is 0 Å². The maximum atomic E-state index is 13.0. The molecule has 1 aliphatic carbocycles. The van der Waals surface area contributed by atoms with Gasteiger partial charge in [0, 0.05) is 31.3 Å². The normalized spacial score (nSPS) is 20.1. The van der Waals surface area contributed by atoms with Crippen LogP contribution in [0.2, 0.25) is 0 Å². The van der Waals surface area contributed by atoms with E-state index in [4.69, 9.17) is 4.74 Å². The quantitative estimate of drug-likeness (QED) is 0.573. The molecule has 6 heteroatoms. The van der Waals surface area contributed by atoms with Gasteiger partial charge in [0.2, 0.25) is 11.8 Å². The van der Waals surface area contributed by atoms with Crippen LogP contribution in [0, 0.1) is 0 Å². The molecule has 0 unspecified atom stereocenters. The maximum Gasteiger partial charge on any atom is 0.246 e. The molecule has 1 aliphatic heterocycles. The Morgan fingerprint density at radius 1 is 1.06 bits per heavy atom. The fourth-order valence-electron chi connectivity index (χ4n) is 4.94. The fraction of sp³-hybridized carbons (Fsp3) is 0.423. The predicted octanol–water partition coefficient (Wildman–Crippen LogP) is 5.09. The van der Waals surface area contributed by atoms with Crippen LogP contribution in [0.5, 0.6) is 5.88 Å². The van der Waals surface area contributed by atoms with Crippen LogP contribution >= 0.6 is 0 Å². The van der Waals surface area contributed by atoms with E-state index < -0.39 is 0 Å². The molecule has 3 aromatic rings. The number of H-pyrrole nitrogens is 1. The van der Waals surface area contributed by atoms with Crippen molar-refractivity contribution in [3.05, 3.63) is 59.9 Å². The molecule has 2 aromatic heterocycles. The number of hydrogen-bond donors (Lipinski definition) is 1. The highest BCUT2D eigenvalue weighted by atomic mass is 16.5. The molecule has 2 fully saturated rings. The highest BCUT2D eigenvalue weighted by Gasteiger charge is 2.24. The number of ether oxygens (including phenoxy) is 1. The van der Waals surface area contributed by atoms with Crippen molar-refractivity contribution < 1.29 is 9.53 Å². The number of rotatable bonds is 5. The van der Waals surface area contributed by atoms with Crippen molar-refractivity contribution in [1.82, 2.24) is 20.1 Å². The van der Waals surface area contributed by atoms with E-state index in [9.17, 15) is 4.79 Å². The number of fused-ring (bicyclic) bond motifs is 1.